The monoisotopic (exact) mass is 324 g/mol. The van der Waals surface area contributed by atoms with E-state index >= 15 is 0 Å². The van der Waals surface area contributed by atoms with Gasteiger partial charge in [0, 0.05) is 37.3 Å². The van der Waals surface area contributed by atoms with Crippen LogP contribution in [-0.4, -0.2) is 42.6 Å². The number of likely N-dealkylation sites (tertiary alicyclic amines) is 1. The lowest BCUT2D eigenvalue weighted by Crippen LogP contribution is -2.47. The number of halogens is 1. The van der Waals surface area contributed by atoms with Crippen molar-refractivity contribution in [3.63, 3.8) is 0 Å². The predicted octanol–water partition coefficient (Wildman–Crippen LogP) is 2.85. The highest BCUT2D eigenvalue weighted by Gasteiger charge is 2.22. The van der Waals surface area contributed by atoms with Crippen molar-refractivity contribution in [2.24, 2.45) is 0 Å². The molecule has 0 spiro atoms. The van der Waals surface area contributed by atoms with Crippen LogP contribution in [-0.2, 0) is 16.1 Å². The first-order valence-electron chi connectivity index (χ1n) is 7.97. The molecule has 1 aromatic rings. The Morgan fingerprint density at radius 1 is 1.36 bits per heavy atom. The molecule has 1 fully saturated rings. The molecule has 122 valence electrons. The minimum absolute atomic E-state index is 0.00185. The molecule has 0 bridgehead atoms. The minimum atomic E-state index is -0.364. The van der Waals surface area contributed by atoms with Gasteiger partial charge in [0.2, 0.25) is 5.91 Å². The average Bonchev–Trinajstić information content (AvgIpc) is 2.51. The highest BCUT2D eigenvalue weighted by Crippen LogP contribution is 2.16. The molecule has 0 radical (unpaired) electrons. The molecular weight excluding hydrogens is 300 g/mol. The first-order chi connectivity index (χ1) is 10.6. The standard InChI is InChI=1S/C17H25ClN2O2/c1-3-22-13(2)17(21)19-16-8-10-20(11-9-16)12-14-4-6-15(18)7-5-14/h4-7,13,16H,3,8-12H2,1-2H3,(H,19,21). The summed E-state index contributed by atoms with van der Waals surface area (Å²) in [4.78, 5) is 14.4. The van der Waals surface area contributed by atoms with Gasteiger partial charge in [0.25, 0.3) is 0 Å². The summed E-state index contributed by atoms with van der Waals surface area (Å²) in [5.41, 5.74) is 1.27. The van der Waals surface area contributed by atoms with Crippen molar-refractivity contribution < 1.29 is 9.53 Å². The number of nitrogens with one attached hydrogen (secondary N) is 1. The Morgan fingerprint density at radius 3 is 2.59 bits per heavy atom. The maximum Gasteiger partial charge on any atom is 0.249 e. The van der Waals surface area contributed by atoms with Crippen LogP contribution in [0.15, 0.2) is 24.3 Å². The Morgan fingerprint density at radius 2 is 2.00 bits per heavy atom. The van der Waals surface area contributed by atoms with Crippen LogP contribution >= 0.6 is 11.6 Å². The van der Waals surface area contributed by atoms with Gasteiger partial charge in [0.1, 0.15) is 6.10 Å². The summed E-state index contributed by atoms with van der Waals surface area (Å²) in [5.74, 6) is -0.00185. The lowest BCUT2D eigenvalue weighted by molar-refractivity contribution is -0.132. The molecule has 1 saturated heterocycles. The molecule has 1 aliphatic heterocycles. The Bertz CT molecular complexity index is 470. The third-order valence-electron chi connectivity index (χ3n) is 4.04. The van der Waals surface area contributed by atoms with Gasteiger partial charge in [-0.05, 0) is 44.4 Å². The van der Waals surface area contributed by atoms with Crippen molar-refractivity contribution in [3.05, 3.63) is 34.9 Å². The van der Waals surface area contributed by atoms with E-state index in [4.69, 9.17) is 16.3 Å². The van der Waals surface area contributed by atoms with E-state index in [1.807, 2.05) is 19.1 Å². The number of carbonyl (C=O) groups excluding carboxylic acids is 1. The second-order valence-electron chi connectivity index (χ2n) is 5.78. The Hall–Kier alpha value is -1.10. The third-order valence-corrected chi connectivity index (χ3v) is 4.29. The van der Waals surface area contributed by atoms with Crippen LogP contribution in [0.3, 0.4) is 0 Å². The summed E-state index contributed by atoms with van der Waals surface area (Å²) in [6.45, 7) is 7.20. The van der Waals surface area contributed by atoms with Gasteiger partial charge in [-0.1, -0.05) is 23.7 Å². The predicted molar refractivity (Wildman–Crippen MR) is 89.0 cm³/mol. The van der Waals surface area contributed by atoms with Crippen LogP contribution in [0.2, 0.25) is 5.02 Å². The zero-order chi connectivity index (χ0) is 15.9. The van der Waals surface area contributed by atoms with Gasteiger partial charge in [0.15, 0.2) is 0 Å². The second-order valence-corrected chi connectivity index (χ2v) is 6.22. The molecule has 22 heavy (non-hydrogen) atoms. The largest absolute Gasteiger partial charge is 0.369 e. The second kappa shape index (κ2) is 8.51. The van der Waals surface area contributed by atoms with Crippen LogP contribution in [0, 0.1) is 0 Å². The number of rotatable bonds is 6. The third kappa shape index (κ3) is 5.27. The molecule has 2 rings (SSSR count). The van der Waals surface area contributed by atoms with Gasteiger partial charge in [0.05, 0.1) is 0 Å². The summed E-state index contributed by atoms with van der Waals surface area (Å²) in [6.07, 6.45) is 1.60. The summed E-state index contributed by atoms with van der Waals surface area (Å²) in [6, 6.07) is 8.26. The molecule has 0 aliphatic carbocycles. The van der Waals surface area contributed by atoms with Crippen LogP contribution in [0.4, 0.5) is 0 Å². The lowest BCUT2D eigenvalue weighted by Gasteiger charge is -2.32. The van der Waals surface area contributed by atoms with Crippen molar-refractivity contribution >= 4 is 17.5 Å². The van der Waals surface area contributed by atoms with E-state index in [2.05, 4.69) is 22.3 Å². The molecule has 5 heteroatoms. The number of amides is 1. The number of hydrogen-bond donors (Lipinski definition) is 1. The minimum Gasteiger partial charge on any atom is -0.369 e. The smallest absolute Gasteiger partial charge is 0.249 e. The van der Waals surface area contributed by atoms with Crippen LogP contribution < -0.4 is 5.32 Å². The number of carbonyl (C=O) groups is 1. The highest BCUT2D eigenvalue weighted by molar-refractivity contribution is 6.30. The summed E-state index contributed by atoms with van der Waals surface area (Å²) >= 11 is 5.91. The van der Waals surface area contributed by atoms with Gasteiger partial charge < -0.3 is 10.1 Å². The number of hydrogen-bond acceptors (Lipinski definition) is 3. The summed E-state index contributed by atoms with van der Waals surface area (Å²) in [5, 5.41) is 3.86. The zero-order valence-electron chi connectivity index (χ0n) is 13.3. The van der Waals surface area contributed by atoms with Crippen LogP contribution in [0.1, 0.15) is 32.3 Å². The van der Waals surface area contributed by atoms with E-state index in [0.29, 0.717) is 6.61 Å². The number of benzene rings is 1. The topological polar surface area (TPSA) is 41.6 Å². The van der Waals surface area contributed by atoms with E-state index in [-0.39, 0.29) is 18.1 Å². The first-order valence-corrected chi connectivity index (χ1v) is 8.35. The zero-order valence-corrected chi connectivity index (χ0v) is 14.1. The van der Waals surface area contributed by atoms with Gasteiger partial charge in [-0.2, -0.15) is 0 Å². The molecule has 1 amide bonds. The Kier molecular flexibility index (Phi) is 6.68. The molecule has 1 N–H and O–H groups in total. The number of ether oxygens (including phenoxy) is 1. The van der Waals surface area contributed by atoms with Gasteiger partial charge in [-0.3, -0.25) is 9.69 Å². The SMILES string of the molecule is CCOC(C)C(=O)NC1CCN(Cc2ccc(Cl)cc2)CC1. The van der Waals surface area contributed by atoms with Gasteiger partial charge >= 0.3 is 0 Å². The number of nitrogens with zero attached hydrogens (tertiary/aromatic N) is 1. The van der Waals surface area contributed by atoms with E-state index in [0.717, 1.165) is 37.5 Å². The number of piperidine rings is 1. The fraction of sp³-hybridized carbons (Fsp3) is 0.588. The molecule has 1 aliphatic rings. The Labute approximate surface area is 137 Å². The van der Waals surface area contributed by atoms with Crippen molar-refractivity contribution in [1.82, 2.24) is 10.2 Å². The quantitative estimate of drug-likeness (QED) is 0.875. The molecule has 1 aromatic carbocycles. The van der Waals surface area contributed by atoms with Gasteiger partial charge in [-0.15, -0.1) is 0 Å². The fourth-order valence-electron chi connectivity index (χ4n) is 2.73. The van der Waals surface area contributed by atoms with E-state index in [1.165, 1.54) is 5.56 Å². The van der Waals surface area contributed by atoms with Crippen molar-refractivity contribution in [2.75, 3.05) is 19.7 Å². The average molecular weight is 325 g/mol. The van der Waals surface area contributed by atoms with Gasteiger partial charge in [-0.25, -0.2) is 0 Å². The summed E-state index contributed by atoms with van der Waals surface area (Å²) in [7, 11) is 0. The molecule has 0 saturated carbocycles. The normalized spacial score (nSPS) is 18.1. The molecule has 1 heterocycles. The molecule has 4 nitrogen and oxygen atoms in total. The van der Waals surface area contributed by atoms with Crippen molar-refractivity contribution in [1.29, 1.82) is 0 Å². The fourth-order valence-corrected chi connectivity index (χ4v) is 2.85. The highest BCUT2D eigenvalue weighted by atomic mass is 35.5. The van der Waals surface area contributed by atoms with Crippen LogP contribution in [0.25, 0.3) is 0 Å². The molecule has 1 atom stereocenters. The maximum absolute atomic E-state index is 11.9. The first kappa shape index (κ1) is 17.3. The van der Waals surface area contributed by atoms with E-state index in [1.54, 1.807) is 6.92 Å². The lowest BCUT2D eigenvalue weighted by atomic mass is 10.0. The van der Waals surface area contributed by atoms with Crippen molar-refractivity contribution in [3.8, 4) is 0 Å². The molecule has 0 aromatic heterocycles. The Balaban J connectivity index is 1.73. The molecule has 1 unspecified atom stereocenters. The maximum atomic E-state index is 11.9. The molecular formula is C17H25ClN2O2. The van der Waals surface area contributed by atoms with Crippen LogP contribution in [0.5, 0.6) is 0 Å². The van der Waals surface area contributed by atoms with E-state index < -0.39 is 0 Å². The summed E-state index contributed by atoms with van der Waals surface area (Å²) < 4.78 is 5.32. The van der Waals surface area contributed by atoms with Crippen molar-refractivity contribution in [2.45, 2.75) is 45.4 Å². The van der Waals surface area contributed by atoms with E-state index in [9.17, 15) is 4.79 Å².